The van der Waals surface area contributed by atoms with E-state index < -0.39 is 0 Å². The number of benzene rings is 1. The summed E-state index contributed by atoms with van der Waals surface area (Å²) < 4.78 is 0. The number of rotatable bonds is 4. The number of carbonyl (C=O) groups excluding carboxylic acids is 1. The lowest BCUT2D eigenvalue weighted by Crippen LogP contribution is -2.28. The maximum absolute atomic E-state index is 11.7. The molecule has 3 nitrogen and oxygen atoms in total. The van der Waals surface area contributed by atoms with Gasteiger partial charge >= 0.3 is 0 Å². The van der Waals surface area contributed by atoms with Crippen LogP contribution >= 0.6 is 0 Å². The molecule has 0 bridgehead atoms. The summed E-state index contributed by atoms with van der Waals surface area (Å²) in [6, 6.07) is 7.42. The first-order chi connectivity index (χ1) is 7.67. The van der Waals surface area contributed by atoms with Gasteiger partial charge < -0.3 is 10.6 Å². The summed E-state index contributed by atoms with van der Waals surface area (Å²) in [6.07, 6.45) is 3.40. The molecule has 16 heavy (non-hydrogen) atoms. The van der Waals surface area contributed by atoms with E-state index in [1.54, 1.807) is 17.1 Å². The Hall–Kier alpha value is -1.77. The van der Waals surface area contributed by atoms with Crippen molar-refractivity contribution >= 4 is 17.7 Å². The van der Waals surface area contributed by atoms with Crippen molar-refractivity contribution in [3.63, 3.8) is 0 Å². The Morgan fingerprint density at radius 3 is 2.31 bits per heavy atom. The van der Waals surface area contributed by atoms with Gasteiger partial charge in [-0.15, -0.1) is 0 Å². The highest BCUT2D eigenvalue weighted by molar-refractivity contribution is 5.91. The second-order valence-corrected chi connectivity index (χ2v) is 3.51. The van der Waals surface area contributed by atoms with Crippen LogP contribution in [-0.4, -0.2) is 23.9 Å². The zero-order chi connectivity index (χ0) is 12.0. The van der Waals surface area contributed by atoms with Gasteiger partial charge in [-0.05, 0) is 37.6 Å². The standard InChI is InChI=1S/C13H18N2O/c1-3-15(4-2)13(16)10-7-11-5-8-12(14)9-6-11/h5-10H,3-4,14H2,1-2H3/b10-7+. The molecule has 0 spiro atoms. The van der Waals surface area contributed by atoms with E-state index in [1.165, 1.54) is 0 Å². The molecule has 0 aliphatic carbocycles. The van der Waals surface area contributed by atoms with Crippen LogP contribution in [-0.2, 0) is 4.79 Å². The lowest BCUT2D eigenvalue weighted by Gasteiger charge is -2.15. The normalized spacial score (nSPS) is 10.6. The van der Waals surface area contributed by atoms with Gasteiger partial charge in [0.1, 0.15) is 0 Å². The van der Waals surface area contributed by atoms with E-state index in [1.807, 2.05) is 38.1 Å². The molecule has 0 saturated heterocycles. The molecule has 86 valence electrons. The quantitative estimate of drug-likeness (QED) is 0.621. The fourth-order valence-electron chi connectivity index (χ4n) is 1.42. The summed E-state index contributed by atoms with van der Waals surface area (Å²) in [5, 5.41) is 0. The average Bonchev–Trinajstić information content (AvgIpc) is 2.30. The molecule has 0 unspecified atom stereocenters. The Balaban J connectivity index is 2.66. The van der Waals surface area contributed by atoms with Crippen molar-refractivity contribution < 1.29 is 4.79 Å². The summed E-state index contributed by atoms with van der Waals surface area (Å²) in [5.41, 5.74) is 7.28. The van der Waals surface area contributed by atoms with Gasteiger partial charge in [0.05, 0.1) is 0 Å². The highest BCUT2D eigenvalue weighted by Crippen LogP contribution is 2.07. The van der Waals surface area contributed by atoms with E-state index in [0.29, 0.717) is 0 Å². The van der Waals surface area contributed by atoms with Gasteiger partial charge in [-0.3, -0.25) is 4.79 Å². The van der Waals surface area contributed by atoms with Gasteiger partial charge in [-0.2, -0.15) is 0 Å². The number of nitrogens with two attached hydrogens (primary N) is 1. The van der Waals surface area contributed by atoms with Crippen LogP contribution in [0, 0.1) is 0 Å². The first kappa shape index (κ1) is 12.3. The van der Waals surface area contributed by atoms with Crippen LogP contribution in [0.4, 0.5) is 5.69 Å². The number of amides is 1. The highest BCUT2D eigenvalue weighted by atomic mass is 16.2. The van der Waals surface area contributed by atoms with E-state index in [0.717, 1.165) is 24.3 Å². The third kappa shape index (κ3) is 3.42. The minimum Gasteiger partial charge on any atom is -0.399 e. The fraction of sp³-hybridized carbons (Fsp3) is 0.308. The molecule has 0 atom stereocenters. The van der Waals surface area contributed by atoms with Crippen molar-refractivity contribution in [2.45, 2.75) is 13.8 Å². The smallest absolute Gasteiger partial charge is 0.246 e. The minimum atomic E-state index is 0.0434. The van der Waals surface area contributed by atoms with Crippen molar-refractivity contribution in [1.82, 2.24) is 4.90 Å². The van der Waals surface area contributed by atoms with E-state index in [9.17, 15) is 4.79 Å². The van der Waals surface area contributed by atoms with Crippen LogP contribution in [0.25, 0.3) is 6.08 Å². The van der Waals surface area contributed by atoms with Crippen LogP contribution in [0.5, 0.6) is 0 Å². The molecular weight excluding hydrogens is 200 g/mol. The largest absolute Gasteiger partial charge is 0.399 e. The predicted octanol–water partition coefficient (Wildman–Crippen LogP) is 2.15. The summed E-state index contributed by atoms with van der Waals surface area (Å²) >= 11 is 0. The van der Waals surface area contributed by atoms with Gasteiger partial charge in [0.2, 0.25) is 5.91 Å². The number of hydrogen-bond acceptors (Lipinski definition) is 2. The van der Waals surface area contributed by atoms with Gasteiger partial charge in [-0.1, -0.05) is 12.1 Å². The molecule has 0 saturated carbocycles. The monoisotopic (exact) mass is 218 g/mol. The first-order valence-electron chi connectivity index (χ1n) is 5.50. The first-order valence-corrected chi connectivity index (χ1v) is 5.50. The number of hydrogen-bond donors (Lipinski definition) is 1. The summed E-state index contributed by atoms with van der Waals surface area (Å²) in [5.74, 6) is 0.0434. The second kappa shape index (κ2) is 5.95. The van der Waals surface area contributed by atoms with E-state index in [2.05, 4.69) is 0 Å². The summed E-state index contributed by atoms with van der Waals surface area (Å²) in [4.78, 5) is 13.4. The number of nitrogen functional groups attached to an aromatic ring is 1. The van der Waals surface area contributed by atoms with Gasteiger partial charge in [0.15, 0.2) is 0 Å². The Morgan fingerprint density at radius 2 is 1.81 bits per heavy atom. The number of nitrogens with zero attached hydrogens (tertiary/aromatic N) is 1. The molecule has 3 heteroatoms. The van der Waals surface area contributed by atoms with Gasteiger partial charge in [-0.25, -0.2) is 0 Å². The van der Waals surface area contributed by atoms with Crippen molar-refractivity contribution in [2.24, 2.45) is 0 Å². The van der Waals surface area contributed by atoms with Gasteiger partial charge in [0, 0.05) is 24.9 Å². The van der Waals surface area contributed by atoms with E-state index in [-0.39, 0.29) is 5.91 Å². The minimum absolute atomic E-state index is 0.0434. The van der Waals surface area contributed by atoms with Crippen LogP contribution in [0.2, 0.25) is 0 Å². The molecule has 1 amide bonds. The van der Waals surface area contributed by atoms with Crippen molar-refractivity contribution in [1.29, 1.82) is 0 Å². The molecule has 0 fully saturated rings. The van der Waals surface area contributed by atoms with Crippen LogP contribution < -0.4 is 5.73 Å². The average molecular weight is 218 g/mol. The number of carbonyl (C=O) groups is 1. The van der Waals surface area contributed by atoms with Crippen LogP contribution in [0.1, 0.15) is 19.4 Å². The van der Waals surface area contributed by atoms with Crippen LogP contribution in [0.3, 0.4) is 0 Å². The predicted molar refractivity (Wildman–Crippen MR) is 67.8 cm³/mol. The molecule has 0 aliphatic rings. The zero-order valence-electron chi connectivity index (χ0n) is 9.81. The molecule has 0 aliphatic heterocycles. The fourth-order valence-corrected chi connectivity index (χ4v) is 1.42. The number of likely N-dealkylation sites (N-methyl/N-ethyl adjacent to an activating group) is 1. The lowest BCUT2D eigenvalue weighted by molar-refractivity contribution is -0.125. The Bertz CT molecular complexity index is 364. The maximum Gasteiger partial charge on any atom is 0.246 e. The maximum atomic E-state index is 11.7. The third-order valence-electron chi connectivity index (χ3n) is 2.43. The van der Waals surface area contributed by atoms with E-state index >= 15 is 0 Å². The van der Waals surface area contributed by atoms with Crippen LogP contribution in [0.15, 0.2) is 30.3 Å². The van der Waals surface area contributed by atoms with Crippen molar-refractivity contribution in [2.75, 3.05) is 18.8 Å². The van der Waals surface area contributed by atoms with Crippen molar-refractivity contribution in [3.05, 3.63) is 35.9 Å². The lowest BCUT2D eigenvalue weighted by atomic mass is 10.2. The molecule has 0 radical (unpaired) electrons. The Kier molecular flexibility index (Phi) is 4.58. The molecule has 0 heterocycles. The topological polar surface area (TPSA) is 46.3 Å². The Labute approximate surface area is 96.6 Å². The molecule has 2 N–H and O–H groups in total. The highest BCUT2D eigenvalue weighted by Gasteiger charge is 2.03. The second-order valence-electron chi connectivity index (χ2n) is 3.51. The molecule has 0 aromatic heterocycles. The van der Waals surface area contributed by atoms with Gasteiger partial charge in [0.25, 0.3) is 0 Å². The van der Waals surface area contributed by atoms with Crippen molar-refractivity contribution in [3.8, 4) is 0 Å². The SMILES string of the molecule is CCN(CC)C(=O)/C=C/c1ccc(N)cc1. The summed E-state index contributed by atoms with van der Waals surface area (Å²) in [6.45, 7) is 5.42. The zero-order valence-corrected chi connectivity index (χ0v) is 9.81. The number of anilines is 1. The Morgan fingerprint density at radius 1 is 1.25 bits per heavy atom. The van der Waals surface area contributed by atoms with E-state index in [4.69, 9.17) is 5.73 Å². The molecule has 1 aromatic carbocycles. The summed E-state index contributed by atoms with van der Waals surface area (Å²) in [7, 11) is 0. The third-order valence-corrected chi connectivity index (χ3v) is 2.43. The molecule has 1 aromatic rings. The molecule has 1 rings (SSSR count). The molecular formula is C13H18N2O.